The molecule has 12 rings (SSSR count). The van der Waals surface area contributed by atoms with E-state index in [1.807, 2.05) is 11.8 Å². The topological polar surface area (TPSA) is 3.24 Å². The number of hydrogen-bond acceptors (Lipinski definition) is 2. The van der Waals surface area contributed by atoms with Crippen LogP contribution in [0.15, 0.2) is 149 Å². The van der Waals surface area contributed by atoms with Crippen molar-refractivity contribution >= 4 is 28.8 Å². The second-order valence-electron chi connectivity index (χ2n) is 19.2. The lowest BCUT2D eigenvalue weighted by Gasteiger charge is -2.63. The van der Waals surface area contributed by atoms with Crippen molar-refractivity contribution in [2.75, 3.05) is 4.90 Å². The Bertz CT molecular complexity index is 2440. The second-order valence-corrected chi connectivity index (χ2v) is 20.3. The van der Waals surface area contributed by atoms with E-state index in [4.69, 9.17) is 0 Å². The van der Waals surface area contributed by atoms with Gasteiger partial charge in [0.1, 0.15) is 0 Å². The van der Waals surface area contributed by atoms with Gasteiger partial charge in [-0.15, -0.1) is 0 Å². The third kappa shape index (κ3) is 5.20. The Morgan fingerprint density at radius 3 is 1.84 bits per heavy atom. The fourth-order valence-corrected chi connectivity index (χ4v) is 14.0. The largest absolute Gasteiger partial charge is 0.310 e. The molecule has 0 amide bonds. The molecule has 0 atom stereocenters. The highest BCUT2D eigenvalue weighted by molar-refractivity contribution is 7.99. The highest BCUT2D eigenvalue weighted by Gasteiger charge is 2.60. The van der Waals surface area contributed by atoms with Crippen LogP contribution in [-0.2, 0) is 16.2 Å². The molecular weight excluding hydrogens is 695 g/mol. The summed E-state index contributed by atoms with van der Waals surface area (Å²) >= 11 is 2.01. The maximum absolute atomic E-state index is 2.66. The highest BCUT2D eigenvalue weighted by atomic mass is 32.2. The summed E-state index contributed by atoms with van der Waals surface area (Å²) in [4.78, 5) is 5.55. The molecule has 5 aliphatic carbocycles. The van der Waals surface area contributed by atoms with Gasteiger partial charge in [-0.1, -0.05) is 137 Å². The van der Waals surface area contributed by atoms with Gasteiger partial charge in [0, 0.05) is 32.1 Å². The average Bonchev–Trinajstić information content (AvgIpc) is 3.22. The fraction of sp³-hybridized carbons (Fsp3) is 0.333. The summed E-state index contributed by atoms with van der Waals surface area (Å²) < 4.78 is 0. The first kappa shape index (κ1) is 34.7. The quantitative estimate of drug-likeness (QED) is 0.173. The summed E-state index contributed by atoms with van der Waals surface area (Å²) in [6, 6.07) is 53.6. The molecule has 4 saturated carbocycles. The lowest BCUT2D eigenvalue weighted by atomic mass is 9.42. The molecule has 1 heterocycles. The van der Waals surface area contributed by atoms with Gasteiger partial charge in [-0.05, 0) is 161 Å². The van der Waals surface area contributed by atoms with Crippen LogP contribution in [0.1, 0.15) is 94.9 Å². The van der Waals surface area contributed by atoms with E-state index in [0.29, 0.717) is 11.8 Å². The molecule has 1 nitrogen and oxygen atoms in total. The van der Waals surface area contributed by atoms with Crippen molar-refractivity contribution in [3.05, 3.63) is 162 Å². The van der Waals surface area contributed by atoms with E-state index < -0.39 is 0 Å². The molecule has 6 aromatic carbocycles. The van der Waals surface area contributed by atoms with Crippen molar-refractivity contribution in [2.24, 2.45) is 23.7 Å². The molecule has 0 radical (unpaired) electrons. The van der Waals surface area contributed by atoms with Gasteiger partial charge in [-0.3, -0.25) is 0 Å². The third-order valence-corrected chi connectivity index (χ3v) is 16.3. The monoisotopic (exact) mass is 747 g/mol. The molecule has 4 fully saturated rings. The first-order chi connectivity index (χ1) is 27.2. The van der Waals surface area contributed by atoms with E-state index >= 15 is 0 Å². The molecule has 0 aromatic heterocycles. The van der Waals surface area contributed by atoms with Crippen LogP contribution >= 0.6 is 11.8 Å². The van der Waals surface area contributed by atoms with Crippen LogP contribution in [0.25, 0.3) is 22.3 Å². The molecule has 280 valence electrons. The lowest BCUT2D eigenvalue weighted by Crippen LogP contribution is -2.57. The molecule has 4 bridgehead atoms. The van der Waals surface area contributed by atoms with E-state index in [9.17, 15) is 0 Å². The van der Waals surface area contributed by atoms with E-state index in [-0.39, 0.29) is 16.2 Å². The molecule has 0 saturated heterocycles. The SMILES string of the molecule is CC1(C)CCC(C)(C)c2c(-c3ccccc3N(c3ccc(-c4ccccc4)cc3)c3ccc4c(c3)C3(c5ccccc5S4)C4CC5CC(C4)CC3C5)cccc21. The molecule has 1 spiro atoms. The summed E-state index contributed by atoms with van der Waals surface area (Å²) in [6.45, 7) is 9.83. The average molecular weight is 748 g/mol. The van der Waals surface area contributed by atoms with Gasteiger partial charge in [-0.2, -0.15) is 0 Å². The molecule has 2 heteroatoms. The summed E-state index contributed by atoms with van der Waals surface area (Å²) in [5.74, 6) is 3.24. The van der Waals surface area contributed by atoms with Crippen LogP contribution in [0, 0.1) is 23.7 Å². The van der Waals surface area contributed by atoms with Crippen LogP contribution in [0.4, 0.5) is 17.1 Å². The van der Waals surface area contributed by atoms with Gasteiger partial charge in [0.2, 0.25) is 0 Å². The van der Waals surface area contributed by atoms with Gasteiger partial charge >= 0.3 is 0 Å². The van der Waals surface area contributed by atoms with E-state index in [0.717, 1.165) is 11.8 Å². The summed E-state index contributed by atoms with van der Waals surface area (Å²) in [6.07, 6.45) is 9.39. The normalized spacial score (nSPS) is 26.0. The zero-order valence-electron chi connectivity index (χ0n) is 33.4. The Morgan fingerprint density at radius 1 is 0.482 bits per heavy atom. The standard InChI is InChI=1S/C54H53NS/c1-52(2)27-28-53(3,4)51-44(16-12-18-46(51)52)43-15-8-10-19-48(43)55(41-23-21-38(22-24-41)37-13-6-5-7-14-37)42-25-26-50-47(34-42)54(45-17-9-11-20-49(45)56-50)39-30-35-29-36(32-39)33-40(54)31-35/h5-26,34-36,39-40H,27-33H2,1-4H3. The van der Waals surface area contributed by atoms with Crippen molar-refractivity contribution < 1.29 is 0 Å². The Hall–Kier alpha value is -4.53. The first-order valence-electron chi connectivity index (χ1n) is 21.3. The minimum atomic E-state index is 0.0804. The number of nitrogens with zero attached hydrogens (tertiary/aromatic N) is 1. The van der Waals surface area contributed by atoms with Gasteiger partial charge in [-0.25, -0.2) is 0 Å². The number of anilines is 3. The molecule has 0 N–H and O–H groups in total. The number of hydrogen-bond donors (Lipinski definition) is 0. The molecule has 56 heavy (non-hydrogen) atoms. The van der Waals surface area contributed by atoms with E-state index in [1.165, 1.54) is 105 Å². The summed E-state index contributed by atoms with van der Waals surface area (Å²) in [5, 5.41) is 0. The Labute approximate surface area is 338 Å². The van der Waals surface area contributed by atoms with Gasteiger partial charge in [0.15, 0.2) is 0 Å². The molecule has 1 aliphatic heterocycles. The van der Waals surface area contributed by atoms with Crippen molar-refractivity contribution in [1.82, 2.24) is 0 Å². The predicted molar refractivity (Wildman–Crippen MR) is 236 cm³/mol. The van der Waals surface area contributed by atoms with Crippen LogP contribution in [-0.4, -0.2) is 0 Å². The van der Waals surface area contributed by atoms with Gasteiger partial charge in [0.05, 0.1) is 5.69 Å². The third-order valence-electron chi connectivity index (χ3n) is 15.2. The summed E-state index contributed by atoms with van der Waals surface area (Å²) in [5.41, 5.74) is 15.4. The molecule has 6 aromatic rings. The lowest BCUT2D eigenvalue weighted by molar-refractivity contribution is -0.0443. The van der Waals surface area contributed by atoms with Crippen LogP contribution in [0.2, 0.25) is 0 Å². The van der Waals surface area contributed by atoms with Crippen LogP contribution < -0.4 is 4.90 Å². The summed E-state index contributed by atoms with van der Waals surface area (Å²) in [7, 11) is 0. The zero-order chi connectivity index (χ0) is 37.8. The van der Waals surface area contributed by atoms with Crippen molar-refractivity contribution in [3.8, 4) is 22.3 Å². The van der Waals surface area contributed by atoms with Crippen molar-refractivity contribution in [1.29, 1.82) is 0 Å². The maximum Gasteiger partial charge on any atom is 0.0540 e. The minimum absolute atomic E-state index is 0.0804. The Morgan fingerprint density at radius 2 is 1.07 bits per heavy atom. The predicted octanol–water partition coefficient (Wildman–Crippen LogP) is 15.0. The number of rotatable bonds is 5. The highest BCUT2D eigenvalue weighted by Crippen LogP contribution is 2.69. The van der Waals surface area contributed by atoms with Gasteiger partial charge in [0.25, 0.3) is 0 Å². The number of para-hydroxylation sites is 1. The molecule has 6 aliphatic rings. The minimum Gasteiger partial charge on any atom is -0.310 e. The van der Waals surface area contributed by atoms with E-state index in [2.05, 4.69) is 172 Å². The van der Waals surface area contributed by atoms with E-state index in [1.54, 1.807) is 11.1 Å². The van der Waals surface area contributed by atoms with Gasteiger partial charge < -0.3 is 4.90 Å². The zero-order valence-corrected chi connectivity index (χ0v) is 34.2. The maximum atomic E-state index is 2.66. The van der Waals surface area contributed by atoms with Crippen molar-refractivity contribution in [3.63, 3.8) is 0 Å². The number of fused-ring (bicyclic) bond motifs is 3. The van der Waals surface area contributed by atoms with Crippen molar-refractivity contribution in [2.45, 2.75) is 98.7 Å². The first-order valence-corrected chi connectivity index (χ1v) is 22.1. The fourth-order valence-electron chi connectivity index (χ4n) is 12.7. The van der Waals surface area contributed by atoms with Crippen LogP contribution in [0.3, 0.4) is 0 Å². The molecule has 0 unspecified atom stereocenters. The Kier molecular flexibility index (Phi) is 7.89. The van der Waals surface area contributed by atoms with Crippen LogP contribution in [0.5, 0.6) is 0 Å². The second kappa shape index (κ2) is 12.7. The molecular formula is C54H53NS. The number of benzene rings is 6. The Balaban J connectivity index is 1.13. The smallest absolute Gasteiger partial charge is 0.0540 e.